The van der Waals surface area contributed by atoms with Gasteiger partial charge in [0, 0.05) is 5.56 Å². The number of amides is 1. The molecule has 20 heavy (non-hydrogen) atoms. The summed E-state index contributed by atoms with van der Waals surface area (Å²) in [7, 11) is 0. The number of hydrogen-bond donors (Lipinski definition) is 1. The van der Waals surface area contributed by atoms with Gasteiger partial charge in [0.25, 0.3) is 5.91 Å². The highest BCUT2D eigenvalue weighted by Gasteiger charge is 2.15. The molecule has 0 atom stereocenters. The van der Waals surface area contributed by atoms with Crippen molar-refractivity contribution in [1.82, 2.24) is 4.98 Å². The monoisotopic (exact) mass is 278 g/mol. The summed E-state index contributed by atoms with van der Waals surface area (Å²) in [5, 5.41) is 2.31. The van der Waals surface area contributed by atoms with Gasteiger partial charge >= 0.3 is 12.0 Å². The minimum Gasteiger partial charge on any atom is -0.461 e. The van der Waals surface area contributed by atoms with Crippen LogP contribution in [0, 0.1) is 5.82 Å². The number of halogens is 1. The van der Waals surface area contributed by atoms with E-state index in [1.54, 1.807) is 6.92 Å². The van der Waals surface area contributed by atoms with Crippen molar-refractivity contribution in [2.24, 2.45) is 0 Å². The Hall–Kier alpha value is -2.70. The van der Waals surface area contributed by atoms with Crippen LogP contribution in [0.4, 0.5) is 10.4 Å². The van der Waals surface area contributed by atoms with Crippen molar-refractivity contribution < 1.29 is 23.1 Å². The summed E-state index contributed by atoms with van der Waals surface area (Å²) in [6.45, 7) is 1.86. The molecule has 1 N–H and O–H groups in total. The molecule has 1 amide bonds. The Bertz CT molecular complexity index is 639. The zero-order chi connectivity index (χ0) is 14.5. The number of carbonyl (C=O) groups is 2. The third kappa shape index (κ3) is 3.19. The molecule has 2 rings (SSSR count). The highest BCUT2D eigenvalue weighted by atomic mass is 19.1. The number of aromatic nitrogens is 1. The lowest BCUT2D eigenvalue weighted by Crippen LogP contribution is -2.12. The van der Waals surface area contributed by atoms with Gasteiger partial charge in [-0.15, -0.1) is 0 Å². The number of hydrogen-bond acceptors (Lipinski definition) is 5. The quantitative estimate of drug-likeness (QED) is 0.867. The van der Waals surface area contributed by atoms with Crippen LogP contribution in [0.5, 0.6) is 0 Å². The number of esters is 1. The van der Waals surface area contributed by atoms with Crippen molar-refractivity contribution in [2.45, 2.75) is 6.92 Å². The molecule has 2 aromatic rings. The van der Waals surface area contributed by atoms with Gasteiger partial charge in [-0.2, -0.15) is 4.98 Å². The molecule has 1 heterocycles. The van der Waals surface area contributed by atoms with Gasteiger partial charge in [0.05, 0.1) is 6.61 Å². The van der Waals surface area contributed by atoms with Crippen LogP contribution in [0.1, 0.15) is 27.8 Å². The van der Waals surface area contributed by atoms with Gasteiger partial charge in [-0.25, -0.2) is 9.18 Å². The molecule has 0 radical (unpaired) electrons. The molecule has 6 nitrogen and oxygen atoms in total. The number of rotatable bonds is 4. The molecule has 0 fully saturated rings. The molecule has 1 aromatic heterocycles. The lowest BCUT2D eigenvalue weighted by atomic mass is 10.2. The fraction of sp³-hybridized carbons (Fsp3) is 0.154. The van der Waals surface area contributed by atoms with E-state index in [0.29, 0.717) is 0 Å². The van der Waals surface area contributed by atoms with Crippen LogP contribution in [0.15, 0.2) is 34.9 Å². The second kappa shape index (κ2) is 5.96. The topological polar surface area (TPSA) is 81.4 Å². The molecule has 1 aromatic carbocycles. The molecule has 0 saturated heterocycles. The largest absolute Gasteiger partial charge is 0.461 e. The Morgan fingerprint density at radius 2 is 2.25 bits per heavy atom. The Morgan fingerprint density at radius 3 is 2.95 bits per heavy atom. The predicted octanol–water partition coefficient (Wildman–Crippen LogP) is 2.24. The number of carbonyl (C=O) groups excluding carboxylic acids is 2. The van der Waals surface area contributed by atoms with Gasteiger partial charge in [0.2, 0.25) is 0 Å². The lowest BCUT2D eigenvalue weighted by Gasteiger charge is -2.00. The van der Waals surface area contributed by atoms with Crippen molar-refractivity contribution >= 4 is 17.9 Å². The number of anilines is 1. The molecule has 0 saturated carbocycles. The molecule has 7 heteroatoms. The van der Waals surface area contributed by atoms with Gasteiger partial charge in [-0.1, -0.05) is 6.07 Å². The summed E-state index contributed by atoms with van der Waals surface area (Å²) in [5.74, 6) is -1.78. The van der Waals surface area contributed by atoms with Crippen LogP contribution in [0.3, 0.4) is 0 Å². The lowest BCUT2D eigenvalue weighted by molar-refractivity contribution is 0.0519. The fourth-order valence-electron chi connectivity index (χ4n) is 1.43. The second-order valence-electron chi connectivity index (χ2n) is 3.72. The van der Waals surface area contributed by atoms with E-state index in [-0.39, 0.29) is 23.9 Å². The van der Waals surface area contributed by atoms with E-state index in [9.17, 15) is 14.0 Å². The van der Waals surface area contributed by atoms with Gasteiger partial charge < -0.3 is 9.15 Å². The summed E-state index contributed by atoms with van der Waals surface area (Å²) in [5.41, 5.74) is 0.0577. The minimum atomic E-state index is -0.650. The summed E-state index contributed by atoms with van der Waals surface area (Å²) >= 11 is 0. The first-order valence-electron chi connectivity index (χ1n) is 5.79. The number of nitrogens with one attached hydrogen (secondary N) is 1. The van der Waals surface area contributed by atoms with Crippen molar-refractivity contribution in [3.63, 3.8) is 0 Å². The average Bonchev–Trinajstić information content (AvgIpc) is 2.87. The van der Waals surface area contributed by atoms with Crippen molar-refractivity contribution in [3.8, 4) is 0 Å². The smallest absolute Gasteiger partial charge is 0.360 e. The first-order valence-corrected chi connectivity index (χ1v) is 5.79. The van der Waals surface area contributed by atoms with E-state index in [1.165, 1.54) is 18.2 Å². The summed E-state index contributed by atoms with van der Waals surface area (Å²) in [6, 6.07) is 4.98. The fourth-order valence-corrected chi connectivity index (χ4v) is 1.43. The summed E-state index contributed by atoms with van der Waals surface area (Å²) in [4.78, 5) is 26.9. The van der Waals surface area contributed by atoms with Crippen molar-refractivity contribution in [3.05, 3.63) is 47.6 Å². The third-order valence-electron chi connectivity index (χ3n) is 2.30. The van der Waals surface area contributed by atoms with Crippen LogP contribution in [-0.4, -0.2) is 23.5 Å². The van der Waals surface area contributed by atoms with Crippen LogP contribution in [0.2, 0.25) is 0 Å². The number of ether oxygens (including phenoxy) is 1. The average molecular weight is 278 g/mol. The normalized spacial score (nSPS) is 10.1. The van der Waals surface area contributed by atoms with Crippen LogP contribution in [0.25, 0.3) is 0 Å². The molecule has 0 aliphatic rings. The van der Waals surface area contributed by atoms with Gasteiger partial charge in [0.15, 0.2) is 5.69 Å². The number of nitrogens with zero attached hydrogens (tertiary/aromatic N) is 1. The van der Waals surface area contributed by atoms with E-state index in [0.717, 1.165) is 12.3 Å². The van der Waals surface area contributed by atoms with Crippen LogP contribution in [-0.2, 0) is 4.74 Å². The first kappa shape index (κ1) is 13.7. The van der Waals surface area contributed by atoms with Gasteiger partial charge in [0.1, 0.15) is 12.1 Å². The predicted molar refractivity (Wildman–Crippen MR) is 66.8 cm³/mol. The van der Waals surface area contributed by atoms with E-state index < -0.39 is 17.7 Å². The number of benzene rings is 1. The maximum Gasteiger partial charge on any atom is 0.360 e. The molecule has 0 spiro atoms. The van der Waals surface area contributed by atoms with Gasteiger partial charge in [-0.3, -0.25) is 10.1 Å². The summed E-state index contributed by atoms with van der Waals surface area (Å²) in [6.07, 6.45) is 1.07. The maximum absolute atomic E-state index is 13.0. The Kier molecular flexibility index (Phi) is 4.09. The molecule has 0 unspecified atom stereocenters. The zero-order valence-corrected chi connectivity index (χ0v) is 10.6. The van der Waals surface area contributed by atoms with Crippen molar-refractivity contribution in [1.29, 1.82) is 0 Å². The highest BCUT2D eigenvalue weighted by molar-refractivity contribution is 6.03. The Labute approximate surface area is 113 Å². The molecule has 0 aliphatic heterocycles. The Morgan fingerprint density at radius 1 is 1.45 bits per heavy atom. The van der Waals surface area contributed by atoms with E-state index in [2.05, 4.69) is 10.3 Å². The number of oxazole rings is 1. The summed E-state index contributed by atoms with van der Waals surface area (Å²) < 4.78 is 22.6. The second-order valence-corrected chi connectivity index (χ2v) is 3.72. The molecule has 0 aliphatic carbocycles. The van der Waals surface area contributed by atoms with Crippen LogP contribution >= 0.6 is 0 Å². The maximum atomic E-state index is 13.0. The molecule has 104 valence electrons. The molecule has 0 bridgehead atoms. The van der Waals surface area contributed by atoms with Crippen molar-refractivity contribution in [2.75, 3.05) is 11.9 Å². The Balaban J connectivity index is 2.07. The van der Waals surface area contributed by atoms with E-state index in [4.69, 9.17) is 9.15 Å². The van der Waals surface area contributed by atoms with E-state index >= 15 is 0 Å². The third-order valence-corrected chi connectivity index (χ3v) is 2.30. The van der Waals surface area contributed by atoms with Gasteiger partial charge in [-0.05, 0) is 25.1 Å². The standard InChI is InChI=1S/C13H11FN2O4/c1-2-19-12(18)10-7-20-13(15-10)16-11(17)8-4-3-5-9(14)6-8/h3-7H,2H2,1H3,(H,15,16,17). The SMILES string of the molecule is CCOC(=O)c1coc(NC(=O)c2cccc(F)c2)n1. The highest BCUT2D eigenvalue weighted by Crippen LogP contribution is 2.11. The molecular formula is C13H11FN2O4. The zero-order valence-electron chi connectivity index (χ0n) is 10.6. The molecular weight excluding hydrogens is 267 g/mol. The minimum absolute atomic E-state index is 0.0543. The van der Waals surface area contributed by atoms with E-state index in [1.807, 2.05) is 0 Å². The first-order chi connectivity index (χ1) is 9.60. The van der Waals surface area contributed by atoms with Crippen LogP contribution < -0.4 is 5.32 Å².